The van der Waals surface area contributed by atoms with Gasteiger partial charge in [0, 0.05) is 16.3 Å². The molecule has 23 heavy (non-hydrogen) atoms. The molecule has 0 fully saturated rings. The first-order valence-corrected chi connectivity index (χ1v) is 7.58. The summed E-state index contributed by atoms with van der Waals surface area (Å²) < 4.78 is 10.7. The molecule has 0 amide bonds. The van der Waals surface area contributed by atoms with Crippen LogP contribution in [-0.2, 0) is 4.79 Å². The minimum atomic E-state index is -1.27. The van der Waals surface area contributed by atoms with E-state index in [2.05, 4.69) is 4.98 Å². The number of fused-ring (bicyclic) bond motifs is 1. The van der Waals surface area contributed by atoms with E-state index in [0.29, 0.717) is 17.0 Å². The third-order valence-corrected chi connectivity index (χ3v) is 4.30. The van der Waals surface area contributed by atoms with E-state index >= 15 is 0 Å². The van der Waals surface area contributed by atoms with Crippen molar-refractivity contribution in [3.63, 3.8) is 0 Å². The predicted molar refractivity (Wildman–Crippen MR) is 83.3 cm³/mol. The van der Waals surface area contributed by atoms with Gasteiger partial charge in [-0.2, -0.15) is 0 Å². The number of methoxy groups -OCH3 is 2. The van der Waals surface area contributed by atoms with Crippen molar-refractivity contribution in [3.8, 4) is 11.5 Å². The molecule has 1 unspecified atom stereocenters. The van der Waals surface area contributed by atoms with Crippen LogP contribution in [0.3, 0.4) is 0 Å². The molecule has 1 heterocycles. The van der Waals surface area contributed by atoms with E-state index in [1.807, 2.05) is 13.0 Å². The Bertz CT molecular complexity index is 711. The summed E-state index contributed by atoms with van der Waals surface area (Å²) in [5.41, 5.74) is 6.99. The van der Waals surface area contributed by atoms with Gasteiger partial charge in [-0.15, -0.1) is 11.8 Å². The van der Waals surface area contributed by atoms with Gasteiger partial charge in [0.25, 0.3) is 0 Å². The van der Waals surface area contributed by atoms with Crippen molar-refractivity contribution >= 4 is 28.6 Å². The average molecular weight is 360 g/mol. The molecule has 1 aromatic carbocycles. The molecule has 0 aliphatic carbocycles. The third-order valence-electron chi connectivity index (χ3n) is 3.14. The molecule has 1 aromatic heterocycles. The van der Waals surface area contributed by atoms with Gasteiger partial charge in [0.1, 0.15) is 17.0 Å². The Morgan fingerprint density at radius 3 is 2.52 bits per heavy atom. The number of carboxylic acid groups (broad SMARTS) is 1. The number of aliphatic carboxylic acids is 1. The van der Waals surface area contributed by atoms with Gasteiger partial charge < -0.3 is 25.1 Å². The quantitative estimate of drug-likeness (QED) is 0.458. The number of thioether (sulfide) groups is 1. The summed E-state index contributed by atoms with van der Waals surface area (Å²) in [5, 5.41) is 11.5. The number of carbonyl (C=O) groups is 1. The minimum Gasteiger partial charge on any atom is -0.548 e. The zero-order chi connectivity index (χ0) is 16.3. The molecule has 6 nitrogen and oxygen atoms in total. The first-order chi connectivity index (χ1) is 10.5. The molecule has 2 N–H and O–H groups in total. The van der Waals surface area contributed by atoms with Crippen LogP contribution in [0.2, 0.25) is 0 Å². The van der Waals surface area contributed by atoms with Crippen LogP contribution >= 0.6 is 11.8 Å². The largest absolute Gasteiger partial charge is 1.00 e. The first-order valence-electron chi connectivity index (χ1n) is 6.59. The third kappa shape index (κ3) is 4.82. The van der Waals surface area contributed by atoms with Gasteiger partial charge in [0.05, 0.1) is 31.6 Å². The summed E-state index contributed by atoms with van der Waals surface area (Å²) in [6.45, 7) is 1.86. The number of pyridine rings is 1. The predicted octanol–water partition coefficient (Wildman–Crippen LogP) is -2.27. The molecular weight excluding hydrogens is 343 g/mol. The van der Waals surface area contributed by atoms with Gasteiger partial charge in [-0.05, 0) is 25.1 Å². The van der Waals surface area contributed by atoms with Gasteiger partial charge in [-0.3, -0.25) is 0 Å². The van der Waals surface area contributed by atoms with Crippen molar-refractivity contribution in [1.29, 1.82) is 0 Å². The maximum absolute atomic E-state index is 10.8. The van der Waals surface area contributed by atoms with Crippen LogP contribution in [0.15, 0.2) is 23.1 Å². The summed E-state index contributed by atoms with van der Waals surface area (Å²) in [6, 6.07) is 4.41. The molecule has 1 atom stereocenters. The zero-order valence-electron chi connectivity index (χ0n) is 13.6. The number of hydrogen-bond acceptors (Lipinski definition) is 7. The Morgan fingerprint density at radius 1 is 1.35 bits per heavy atom. The first kappa shape index (κ1) is 20.7. The van der Waals surface area contributed by atoms with Crippen molar-refractivity contribution in [2.75, 3.05) is 20.0 Å². The average Bonchev–Trinajstić information content (AvgIpc) is 2.50. The molecule has 0 radical (unpaired) electrons. The molecule has 0 saturated heterocycles. The number of nitrogens with two attached hydrogens (primary N) is 1. The molecular formula is C15H17KN2O4S. The van der Waals surface area contributed by atoms with E-state index < -0.39 is 12.0 Å². The van der Waals surface area contributed by atoms with Crippen LogP contribution in [0.25, 0.3) is 10.9 Å². The number of aromatic nitrogens is 1. The minimum absolute atomic E-state index is 0. The molecule has 2 aromatic rings. The second kappa shape index (κ2) is 9.21. The van der Waals surface area contributed by atoms with Crippen LogP contribution < -0.4 is 71.7 Å². The Morgan fingerprint density at radius 2 is 1.96 bits per heavy atom. The maximum atomic E-state index is 10.8. The standard InChI is InChI=1S/C15H18N2O4S.K/c1-8-6-12(22-7-9(16)15(18)19)13-10(20-2)4-5-11(21-3)14(13)17-8;/h4-6,9H,7,16H2,1-3H3,(H,18,19);/q;+1/p-1. The molecule has 0 saturated carbocycles. The molecule has 0 aliphatic rings. The summed E-state index contributed by atoms with van der Waals surface area (Å²) in [6.07, 6.45) is 0. The van der Waals surface area contributed by atoms with Crippen molar-refractivity contribution in [2.45, 2.75) is 17.9 Å². The van der Waals surface area contributed by atoms with Crippen LogP contribution in [-0.4, -0.2) is 37.0 Å². The molecule has 2 rings (SSSR count). The van der Waals surface area contributed by atoms with Gasteiger partial charge in [0.15, 0.2) is 0 Å². The van der Waals surface area contributed by atoms with Crippen molar-refractivity contribution in [3.05, 3.63) is 23.9 Å². The Labute approximate surface area is 181 Å². The number of rotatable bonds is 6. The normalized spacial score (nSPS) is 11.7. The van der Waals surface area contributed by atoms with Gasteiger partial charge in [0.2, 0.25) is 0 Å². The second-order valence-corrected chi connectivity index (χ2v) is 5.75. The Balaban J connectivity index is 0.00000264. The molecule has 118 valence electrons. The molecule has 0 spiro atoms. The smallest absolute Gasteiger partial charge is 0.548 e. The maximum Gasteiger partial charge on any atom is 1.00 e. The van der Waals surface area contributed by atoms with Crippen molar-refractivity contribution in [2.24, 2.45) is 5.73 Å². The number of hydrogen-bond donors (Lipinski definition) is 1. The molecule has 8 heteroatoms. The van der Waals surface area contributed by atoms with E-state index in [9.17, 15) is 9.90 Å². The summed E-state index contributed by atoms with van der Waals surface area (Å²) >= 11 is 1.33. The van der Waals surface area contributed by atoms with E-state index in [1.165, 1.54) is 11.8 Å². The second-order valence-electron chi connectivity index (χ2n) is 4.69. The zero-order valence-corrected chi connectivity index (χ0v) is 17.5. The van der Waals surface area contributed by atoms with Crippen LogP contribution in [0.4, 0.5) is 0 Å². The number of benzene rings is 1. The fourth-order valence-corrected chi connectivity index (χ4v) is 3.16. The van der Waals surface area contributed by atoms with E-state index in [1.54, 1.807) is 26.4 Å². The monoisotopic (exact) mass is 360 g/mol. The fraction of sp³-hybridized carbons (Fsp3) is 0.333. The van der Waals surface area contributed by atoms with E-state index in [0.717, 1.165) is 16.0 Å². The number of nitrogens with zero attached hydrogens (tertiary/aromatic N) is 1. The SMILES string of the molecule is COc1ccc(OC)c2c(SCC(N)C(=O)[O-])cc(C)nc12.[K+]. The van der Waals surface area contributed by atoms with Crippen LogP contribution in [0.5, 0.6) is 11.5 Å². The van der Waals surface area contributed by atoms with Crippen LogP contribution in [0.1, 0.15) is 5.69 Å². The number of carboxylic acids is 1. The van der Waals surface area contributed by atoms with E-state index in [-0.39, 0.29) is 57.1 Å². The van der Waals surface area contributed by atoms with E-state index in [4.69, 9.17) is 15.2 Å². The van der Waals surface area contributed by atoms with Crippen molar-refractivity contribution in [1.82, 2.24) is 4.98 Å². The fourth-order valence-electron chi connectivity index (χ4n) is 2.07. The topological polar surface area (TPSA) is 97.5 Å². The summed E-state index contributed by atoms with van der Waals surface area (Å²) in [7, 11) is 3.15. The van der Waals surface area contributed by atoms with Gasteiger partial charge in [-0.1, -0.05) is 0 Å². The van der Waals surface area contributed by atoms with Crippen molar-refractivity contribution < 1.29 is 70.8 Å². The number of ether oxygens (including phenoxy) is 2. The summed E-state index contributed by atoms with van der Waals surface area (Å²) in [5.74, 6) is 0.201. The molecule has 0 aliphatic heterocycles. The summed E-state index contributed by atoms with van der Waals surface area (Å²) in [4.78, 5) is 16.1. The van der Waals surface area contributed by atoms with Crippen LogP contribution in [0, 0.1) is 6.92 Å². The molecule has 0 bridgehead atoms. The van der Waals surface area contributed by atoms with Gasteiger partial charge >= 0.3 is 51.4 Å². The van der Waals surface area contributed by atoms with Gasteiger partial charge in [-0.25, -0.2) is 4.98 Å². The Kier molecular flexibility index (Phi) is 8.29. The Hall–Kier alpha value is -0.354. The number of aryl methyl sites for hydroxylation is 1. The number of carbonyl (C=O) groups excluding carboxylic acids is 1.